The molecule has 10 heteroatoms. The summed E-state index contributed by atoms with van der Waals surface area (Å²) >= 11 is 0. The monoisotopic (exact) mass is 1600 g/mol. The fourth-order valence-corrected chi connectivity index (χ4v) is 21.0. The van der Waals surface area contributed by atoms with Gasteiger partial charge >= 0.3 is 16.5 Å². The smallest absolute Gasteiger partial charge is 0.453 e. The molecule has 2 aromatic heterocycles. The highest BCUT2D eigenvalue weighted by molar-refractivity contribution is 7.32. The van der Waals surface area contributed by atoms with E-state index in [-0.39, 0.29) is 21.7 Å². The summed E-state index contributed by atoms with van der Waals surface area (Å²) in [6, 6.07) is 106. The van der Waals surface area contributed by atoms with Crippen LogP contribution in [0.1, 0.15) is 184 Å². The first-order valence-corrected chi connectivity index (χ1v) is 44.3. The third-order valence-corrected chi connectivity index (χ3v) is 27.1. The first kappa shape index (κ1) is 75.1. The van der Waals surface area contributed by atoms with Crippen LogP contribution in [-0.4, -0.2) is 0 Å². The molecule has 0 amide bonds. The van der Waals surface area contributed by atoms with Gasteiger partial charge in [0.1, 0.15) is 45.3 Å². The van der Waals surface area contributed by atoms with E-state index in [4.69, 9.17) is 35.3 Å². The topological polar surface area (TPSA) is 89.5 Å². The molecule has 21 rings (SSSR count). The second-order valence-corrected chi connectivity index (χ2v) is 39.2. The van der Waals surface area contributed by atoms with Gasteiger partial charge in [0.05, 0.1) is 0 Å². The number of rotatable bonds is 8. The number of benzene rings is 16. The molecule has 8 nitrogen and oxygen atoms in total. The second-order valence-electron chi connectivity index (χ2n) is 37.2. The minimum Gasteiger partial charge on any atom is -0.480 e. The summed E-state index contributed by atoms with van der Waals surface area (Å²) in [5.41, 5.74) is 22.7. The Labute approximate surface area is 702 Å². The Morgan fingerprint density at radius 3 is 0.683 bits per heavy atom. The van der Waals surface area contributed by atoms with Crippen molar-refractivity contribution in [2.24, 2.45) is 0 Å². The van der Waals surface area contributed by atoms with Gasteiger partial charge in [-0.1, -0.05) is 350 Å². The number of hydrogen-bond acceptors (Lipinski definition) is 8. The Kier molecular flexibility index (Phi) is 17.9. The van der Waals surface area contributed by atoms with Crippen LogP contribution in [0.15, 0.2) is 308 Å². The predicted molar refractivity (Wildman–Crippen MR) is 495 cm³/mol. The Bertz CT molecular complexity index is 6560. The lowest BCUT2D eigenvalue weighted by Crippen LogP contribution is -2.18. The van der Waals surface area contributed by atoms with E-state index in [0.29, 0.717) is 59.5 Å². The SMILES string of the molecule is CC(C)(C)c1cc2c(OC3c4ccccc4-c4ccccc43)c(c1)Cc1cc(C(C)(C)C)cc(c1Op1oc3ccc4ccccc4c3c3c(ccc4ccccc43)o1)Cc1cc(C(C)(C)C)cc(c1OC1c3ccccc3-c3ccccc31)Cc1cc(C(C)(C)C)cc(c1Op1oc3ccc4ccccc4c3c3c(ccc4ccccc43)o1)C2. The van der Waals surface area contributed by atoms with E-state index in [1.165, 1.54) is 0 Å². The number of fused-ring (bicyclic) bond motifs is 28. The van der Waals surface area contributed by atoms with E-state index < -0.39 is 28.7 Å². The third kappa shape index (κ3) is 13.2. The van der Waals surface area contributed by atoms with Crippen LogP contribution in [0.25, 0.3) is 109 Å². The zero-order valence-electron chi connectivity index (χ0n) is 69.9. The quantitative estimate of drug-likeness (QED) is 0.149. The van der Waals surface area contributed by atoms with Gasteiger partial charge in [-0.05, 0) is 156 Å². The van der Waals surface area contributed by atoms with Crippen molar-refractivity contribution in [1.29, 1.82) is 0 Å². The van der Waals surface area contributed by atoms with E-state index in [0.717, 1.165) is 187 Å². The summed E-state index contributed by atoms with van der Waals surface area (Å²) in [7, 11) is -4.58. The van der Waals surface area contributed by atoms with Crippen LogP contribution in [-0.2, 0) is 47.3 Å². The standard InChI is InChI=1S/C110H94O8P2/c1-107(2,3)77-57-69-53-73-61-79(109(7,8)9)63-75(103(73)117-119-113-93-49-45-65-29-13-17-33-81(65)97(93)98-82-34-18-14-30-66(82)46-50-94(98)114-119)55-71-59-78(108(4,5)6)60-72(102(71)112-106-91-43-27-23-39-87(91)88-40-24-28-44-92(88)106)56-76-64-80(110(10,11)12)62-74(54-70(58-77)101(69)111-105-89-41-25-21-37-85(89)86-38-22-26-42-90(86)105)104(76)118-120-115-95-51-47-67-31-15-19-35-83(67)99(95)100-84-36-20-16-32-68(84)48-52-96(100)116-120/h13-52,57-64,105-106H,53-56H2,1-12H3. The van der Waals surface area contributed by atoms with Gasteiger partial charge in [-0.3, -0.25) is 0 Å². The Hall–Kier alpha value is -12.4. The molecule has 3 aliphatic carbocycles. The molecule has 0 unspecified atom stereocenters. The van der Waals surface area contributed by atoms with Gasteiger partial charge < -0.3 is 35.3 Å². The van der Waals surface area contributed by atoms with Crippen LogP contribution >= 0.6 is 16.5 Å². The fourth-order valence-electron chi connectivity index (χ4n) is 18.8. The van der Waals surface area contributed by atoms with Gasteiger partial charge in [0, 0.05) is 91.7 Å². The van der Waals surface area contributed by atoms with Crippen LogP contribution in [0, 0.1) is 0 Å². The zero-order valence-corrected chi connectivity index (χ0v) is 71.6. The minimum absolute atomic E-state index is 0.365. The van der Waals surface area contributed by atoms with Crippen LogP contribution in [0.2, 0.25) is 0 Å². The Morgan fingerprint density at radius 2 is 0.450 bits per heavy atom. The van der Waals surface area contributed by atoms with Gasteiger partial charge in [0.2, 0.25) is 0 Å². The molecule has 0 saturated carbocycles. The van der Waals surface area contributed by atoms with Crippen molar-refractivity contribution in [3.8, 4) is 45.3 Å². The van der Waals surface area contributed by atoms with Crippen molar-refractivity contribution in [1.82, 2.24) is 0 Å². The van der Waals surface area contributed by atoms with Crippen LogP contribution in [0.5, 0.6) is 23.0 Å². The first-order valence-electron chi connectivity index (χ1n) is 42.1. The Morgan fingerprint density at radius 1 is 0.242 bits per heavy atom. The second kappa shape index (κ2) is 28.7. The van der Waals surface area contributed by atoms with Crippen LogP contribution in [0.4, 0.5) is 0 Å². The van der Waals surface area contributed by atoms with Crippen molar-refractivity contribution < 1.29 is 35.3 Å². The highest BCUT2D eigenvalue weighted by Crippen LogP contribution is 2.55. The summed E-state index contributed by atoms with van der Waals surface area (Å²) in [6.45, 7) is 27.9. The third-order valence-electron chi connectivity index (χ3n) is 25.1. The molecule has 0 atom stereocenters. The van der Waals surface area contributed by atoms with Crippen molar-refractivity contribution >= 4 is 103 Å². The van der Waals surface area contributed by atoms with Crippen LogP contribution in [0.3, 0.4) is 0 Å². The predicted octanol–water partition coefficient (Wildman–Crippen LogP) is 31.4. The highest BCUT2D eigenvalue weighted by Gasteiger charge is 2.37. The summed E-state index contributed by atoms with van der Waals surface area (Å²) < 4.78 is 62.8. The van der Waals surface area contributed by atoms with Gasteiger partial charge in [-0.15, -0.1) is 0 Å². The molecule has 18 aromatic rings. The molecule has 0 saturated heterocycles. The normalized spacial score (nSPS) is 13.6. The number of ether oxygens (including phenoxy) is 2. The number of hydrogen-bond donors (Lipinski definition) is 0. The highest BCUT2D eigenvalue weighted by atomic mass is 31.1. The lowest BCUT2D eigenvalue weighted by Gasteiger charge is -2.30. The molecule has 0 spiro atoms. The van der Waals surface area contributed by atoms with Gasteiger partial charge in [-0.2, -0.15) is 0 Å². The van der Waals surface area contributed by atoms with Gasteiger partial charge in [0.25, 0.3) is 0 Å². The molecular weight excluding hydrogens is 1510 g/mol. The van der Waals surface area contributed by atoms with Crippen molar-refractivity contribution in [3.05, 3.63) is 380 Å². The molecule has 0 radical (unpaired) electrons. The fraction of sp³-hybridized carbons (Fsp3) is 0.200. The molecule has 592 valence electrons. The molecule has 0 fully saturated rings. The summed E-state index contributed by atoms with van der Waals surface area (Å²) in [5.74, 6) is 2.92. The molecule has 0 aliphatic heterocycles. The average Bonchev–Trinajstić information content (AvgIpc) is 1.48. The molecule has 8 bridgehead atoms. The van der Waals surface area contributed by atoms with E-state index in [1.54, 1.807) is 0 Å². The molecule has 0 N–H and O–H groups in total. The van der Waals surface area contributed by atoms with Crippen molar-refractivity contribution in [2.45, 2.75) is 143 Å². The molecule has 3 aliphatic rings. The first-order chi connectivity index (χ1) is 57.9. The Balaban J connectivity index is 0.883. The van der Waals surface area contributed by atoms with E-state index >= 15 is 0 Å². The van der Waals surface area contributed by atoms with Crippen LogP contribution < -0.4 is 18.5 Å². The average molecular weight is 1610 g/mol. The zero-order chi connectivity index (χ0) is 81.8. The summed E-state index contributed by atoms with van der Waals surface area (Å²) in [4.78, 5) is 0. The van der Waals surface area contributed by atoms with Gasteiger partial charge in [0.15, 0.2) is 12.2 Å². The summed E-state index contributed by atoms with van der Waals surface area (Å²) in [6.07, 6.45) is 0.533. The summed E-state index contributed by atoms with van der Waals surface area (Å²) in [5, 5.41) is 12.5. The van der Waals surface area contributed by atoms with E-state index in [1.807, 2.05) is 0 Å². The maximum atomic E-state index is 8.27. The van der Waals surface area contributed by atoms with Crippen molar-refractivity contribution in [2.75, 3.05) is 0 Å². The maximum absolute atomic E-state index is 8.27. The van der Waals surface area contributed by atoms with E-state index in [2.05, 4.69) is 374 Å². The lowest BCUT2D eigenvalue weighted by molar-refractivity contribution is 0.247. The molecular formula is C110H94O8P2. The largest absolute Gasteiger partial charge is 0.480 e. The molecule has 16 aromatic carbocycles. The molecule has 2 heterocycles. The molecule has 120 heavy (non-hydrogen) atoms. The maximum Gasteiger partial charge on any atom is 0.453 e. The van der Waals surface area contributed by atoms with E-state index in [9.17, 15) is 0 Å². The minimum atomic E-state index is -2.29. The lowest BCUT2D eigenvalue weighted by atomic mass is 9.79. The van der Waals surface area contributed by atoms with Gasteiger partial charge in [-0.25, -0.2) is 0 Å². The van der Waals surface area contributed by atoms with Crippen molar-refractivity contribution in [3.63, 3.8) is 0 Å².